The molecular formula is C14H21ClN3O2+. The SMILES string of the molecule is CC(C)NC(=O)NC(=O)C[NH2+][C@@H](C)c1ccc(Cl)cc1. The van der Waals surface area contributed by atoms with Crippen molar-refractivity contribution in [2.75, 3.05) is 6.54 Å². The van der Waals surface area contributed by atoms with Crippen LogP contribution in [-0.2, 0) is 4.79 Å². The second-order valence-electron chi connectivity index (χ2n) is 4.96. The lowest BCUT2D eigenvalue weighted by Crippen LogP contribution is -2.87. The maximum absolute atomic E-state index is 11.6. The van der Waals surface area contributed by atoms with Crippen LogP contribution in [0, 0.1) is 0 Å². The van der Waals surface area contributed by atoms with Crippen LogP contribution in [-0.4, -0.2) is 24.5 Å². The first-order valence-corrected chi connectivity index (χ1v) is 6.95. The van der Waals surface area contributed by atoms with Crippen molar-refractivity contribution in [3.63, 3.8) is 0 Å². The van der Waals surface area contributed by atoms with E-state index in [1.54, 1.807) is 0 Å². The Kier molecular flexibility index (Phi) is 6.48. The number of nitrogens with two attached hydrogens (primary N) is 1. The van der Waals surface area contributed by atoms with Gasteiger partial charge in [-0.05, 0) is 32.9 Å². The van der Waals surface area contributed by atoms with Crippen LogP contribution in [0.1, 0.15) is 32.4 Å². The summed E-state index contributed by atoms with van der Waals surface area (Å²) in [5.74, 6) is -0.316. The molecule has 1 atom stereocenters. The van der Waals surface area contributed by atoms with Gasteiger partial charge in [-0.15, -0.1) is 0 Å². The lowest BCUT2D eigenvalue weighted by atomic mass is 10.1. The van der Waals surface area contributed by atoms with E-state index in [9.17, 15) is 9.59 Å². The zero-order valence-corrected chi connectivity index (χ0v) is 12.7. The van der Waals surface area contributed by atoms with Crippen LogP contribution < -0.4 is 16.0 Å². The molecule has 0 aliphatic carbocycles. The Bertz CT molecular complexity index is 460. The molecule has 1 aromatic rings. The highest BCUT2D eigenvalue weighted by atomic mass is 35.5. The summed E-state index contributed by atoms with van der Waals surface area (Å²) in [6.07, 6.45) is 0. The lowest BCUT2D eigenvalue weighted by molar-refractivity contribution is -0.682. The van der Waals surface area contributed by atoms with Crippen LogP contribution in [0.15, 0.2) is 24.3 Å². The Morgan fingerprint density at radius 3 is 2.35 bits per heavy atom. The number of nitrogens with one attached hydrogen (secondary N) is 2. The lowest BCUT2D eigenvalue weighted by Gasteiger charge is -2.12. The molecule has 1 aromatic carbocycles. The van der Waals surface area contributed by atoms with E-state index in [0.29, 0.717) is 5.02 Å². The molecule has 6 heteroatoms. The number of quaternary nitrogens is 1. The average Bonchev–Trinajstić information content (AvgIpc) is 2.35. The van der Waals surface area contributed by atoms with E-state index in [1.807, 2.05) is 50.4 Å². The monoisotopic (exact) mass is 298 g/mol. The van der Waals surface area contributed by atoms with Crippen molar-refractivity contribution < 1.29 is 14.9 Å². The number of carbonyl (C=O) groups excluding carboxylic acids is 2. The second kappa shape index (κ2) is 7.87. The predicted octanol–water partition coefficient (Wildman–Crippen LogP) is 1.20. The minimum atomic E-state index is -0.461. The first kappa shape index (κ1) is 16.5. The Hall–Kier alpha value is -1.59. The standard InChI is InChI=1S/C14H20ClN3O2/c1-9(2)17-14(20)18-13(19)8-16-10(3)11-4-6-12(15)7-5-11/h4-7,9-10,16H,8H2,1-3H3,(H2,17,18,19,20)/p+1/t10-/m0/s1. The fourth-order valence-corrected chi connectivity index (χ4v) is 1.79. The molecule has 4 N–H and O–H groups in total. The highest BCUT2D eigenvalue weighted by Crippen LogP contribution is 2.13. The van der Waals surface area contributed by atoms with E-state index in [1.165, 1.54) is 0 Å². The maximum Gasteiger partial charge on any atom is 0.321 e. The van der Waals surface area contributed by atoms with Gasteiger partial charge in [0.2, 0.25) is 0 Å². The van der Waals surface area contributed by atoms with E-state index < -0.39 is 6.03 Å². The highest BCUT2D eigenvalue weighted by Gasteiger charge is 2.13. The number of carbonyl (C=O) groups is 2. The summed E-state index contributed by atoms with van der Waals surface area (Å²) >= 11 is 5.82. The molecule has 0 saturated heterocycles. The van der Waals surface area contributed by atoms with Crippen LogP contribution in [0.25, 0.3) is 0 Å². The van der Waals surface area contributed by atoms with Gasteiger partial charge in [-0.3, -0.25) is 10.1 Å². The van der Waals surface area contributed by atoms with Crippen molar-refractivity contribution in [1.82, 2.24) is 10.6 Å². The van der Waals surface area contributed by atoms with Crippen molar-refractivity contribution >= 4 is 23.5 Å². The molecule has 0 aliphatic rings. The molecule has 0 aliphatic heterocycles. The molecule has 0 spiro atoms. The average molecular weight is 299 g/mol. The van der Waals surface area contributed by atoms with Gasteiger partial charge in [-0.1, -0.05) is 23.7 Å². The van der Waals surface area contributed by atoms with Crippen LogP contribution in [0.3, 0.4) is 0 Å². The summed E-state index contributed by atoms with van der Waals surface area (Å²) in [6.45, 7) is 5.84. The number of amides is 3. The summed E-state index contributed by atoms with van der Waals surface area (Å²) in [6, 6.07) is 7.14. The van der Waals surface area contributed by atoms with Gasteiger partial charge in [-0.2, -0.15) is 0 Å². The second-order valence-corrected chi connectivity index (χ2v) is 5.39. The largest absolute Gasteiger partial charge is 0.336 e. The molecule has 0 aromatic heterocycles. The third-order valence-corrected chi connectivity index (χ3v) is 2.98. The third kappa shape index (κ3) is 6.04. The van der Waals surface area contributed by atoms with E-state index in [2.05, 4.69) is 10.6 Å². The topological polar surface area (TPSA) is 74.8 Å². The highest BCUT2D eigenvalue weighted by molar-refractivity contribution is 6.30. The van der Waals surface area contributed by atoms with Gasteiger partial charge in [0.25, 0.3) is 5.91 Å². The maximum atomic E-state index is 11.6. The summed E-state index contributed by atoms with van der Waals surface area (Å²) < 4.78 is 0. The van der Waals surface area contributed by atoms with Crippen LogP contribution in [0.5, 0.6) is 0 Å². The molecule has 1 rings (SSSR count). The number of halogens is 1. The van der Waals surface area contributed by atoms with E-state index in [-0.39, 0.29) is 24.5 Å². The number of benzene rings is 1. The fourth-order valence-electron chi connectivity index (χ4n) is 1.66. The normalized spacial score (nSPS) is 12.1. The number of urea groups is 1. The quantitative estimate of drug-likeness (QED) is 0.764. The van der Waals surface area contributed by atoms with Crippen molar-refractivity contribution in [2.24, 2.45) is 0 Å². The Labute approximate surface area is 124 Å². The van der Waals surface area contributed by atoms with Gasteiger partial charge >= 0.3 is 6.03 Å². The Balaban J connectivity index is 2.37. The Morgan fingerprint density at radius 2 is 1.80 bits per heavy atom. The van der Waals surface area contributed by atoms with Crippen LogP contribution >= 0.6 is 11.6 Å². The molecule has 5 nitrogen and oxygen atoms in total. The Morgan fingerprint density at radius 1 is 1.20 bits per heavy atom. The van der Waals surface area contributed by atoms with Crippen LogP contribution in [0.4, 0.5) is 4.79 Å². The summed E-state index contributed by atoms with van der Waals surface area (Å²) in [5.41, 5.74) is 1.08. The number of hydrogen-bond acceptors (Lipinski definition) is 2. The minimum absolute atomic E-state index is 0.000213. The van der Waals surface area contributed by atoms with Gasteiger partial charge in [0.1, 0.15) is 6.04 Å². The molecule has 0 heterocycles. The van der Waals surface area contributed by atoms with Crippen LogP contribution in [0.2, 0.25) is 5.02 Å². The fraction of sp³-hybridized carbons (Fsp3) is 0.429. The van der Waals surface area contributed by atoms with Crippen molar-refractivity contribution in [3.8, 4) is 0 Å². The van der Waals surface area contributed by atoms with Gasteiger partial charge in [0, 0.05) is 16.6 Å². The number of hydrogen-bond donors (Lipinski definition) is 3. The zero-order chi connectivity index (χ0) is 15.1. The molecule has 20 heavy (non-hydrogen) atoms. The van der Waals surface area contributed by atoms with Crippen molar-refractivity contribution in [3.05, 3.63) is 34.9 Å². The molecule has 110 valence electrons. The third-order valence-electron chi connectivity index (χ3n) is 2.73. The van der Waals surface area contributed by atoms with Crippen molar-refractivity contribution in [1.29, 1.82) is 0 Å². The molecule has 0 saturated carbocycles. The minimum Gasteiger partial charge on any atom is -0.336 e. The zero-order valence-electron chi connectivity index (χ0n) is 11.9. The van der Waals surface area contributed by atoms with Gasteiger partial charge in [0.05, 0.1) is 0 Å². The summed E-state index contributed by atoms with van der Waals surface area (Å²) in [7, 11) is 0. The molecule has 3 amide bonds. The van der Waals surface area contributed by atoms with Gasteiger partial charge in [-0.25, -0.2) is 4.79 Å². The molecule has 0 fully saturated rings. The molecule has 0 unspecified atom stereocenters. The van der Waals surface area contributed by atoms with E-state index in [0.717, 1.165) is 5.56 Å². The van der Waals surface area contributed by atoms with Crippen molar-refractivity contribution in [2.45, 2.75) is 32.9 Å². The summed E-state index contributed by atoms with van der Waals surface area (Å²) in [4.78, 5) is 22.9. The smallest absolute Gasteiger partial charge is 0.321 e. The summed E-state index contributed by atoms with van der Waals surface area (Å²) in [5, 5.41) is 7.43. The van der Waals surface area contributed by atoms with Gasteiger partial charge < -0.3 is 10.6 Å². The van der Waals surface area contributed by atoms with Gasteiger partial charge in [0.15, 0.2) is 6.54 Å². The van der Waals surface area contributed by atoms with E-state index in [4.69, 9.17) is 11.6 Å². The first-order chi connectivity index (χ1) is 9.38. The van der Waals surface area contributed by atoms with E-state index >= 15 is 0 Å². The first-order valence-electron chi connectivity index (χ1n) is 6.57. The molecular weight excluding hydrogens is 278 g/mol. The number of rotatable bonds is 5. The number of imide groups is 1. The predicted molar refractivity (Wildman–Crippen MR) is 78.5 cm³/mol. The molecule has 0 bridgehead atoms. The molecule has 0 radical (unpaired) electrons.